The molecule has 1 rings (SSSR count). The Morgan fingerprint density at radius 2 is 2.15 bits per heavy atom. The number of carbonyl (C=O) groups is 1. The second-order valence-corrected chi connectivity index (χ2v) is 5.42. The van der Waals surface area contributed by atoms with Gasteiger partial charge in [-0.3, -0.25) is 4.79 Å². The number of hydrogen-bond donors (Lipinski definition) is 2. The number of rotatable bonds is 7. The number of anilines is 1. The van der Waals surface area contributed by atoms with Crippen LogP contribution in [0.4, 0.5) is 18.9 Å². The van der Waals surface area contributed by atoms with Crippen LogP contribution >= 0.6 is 11.8 Å². The summed E-state index contributed by atoms with van der Waals surface area (Å²) in [6.07, 6.45) is -3.84. The Morgan fingerprint density at radius 3 is 2.70 bits per heavy atom. The molecule has 7 heteroatoms. The molecule has 0 saturated heterocycles. The number of nitrogens with one attached hydrogen (secondary N) is 1. The van der Waals surface area contributed by atoms with Crippen LogP contribution in [0, 0.1) is 0 Å². The Bertz CT molecular complexity index is 451. The fourth-order valence-corrected chi connectivity index (χ4v) is 2.45. The van der Waals surface area contributed by atoms with E-state index >= 15 is 0 Å². The van der Waals surface area contributed by atoms with Gasteiger partial charge in [-0.25, -0.2) is 0 Å². The van der Waals surface area contributed by atoms with Gasteiger partial charge in [0.25, 0.3) is 0 Å². The van der Waals surface area contributed by atoms with E-state index in [1.54, 1.807) is 13.0 Å². The zero-order valence-electron chi connectivity index (χ0n) is 10.9. The van der Waals surface area contributed by atoms with Crippen LogP contribution in [0.3, 0.4) is 0 Å². The topological polar surface area (TPSA) is 49.3 Å². The Balaban J connectivity index is 2.45. The highest BCUT2D eigenvalue weighted by Crippen LogP contribution is 2.30. The highest BCUT2D eigenvalue weighted by atomic mass is 32.2. The molecule has 112 valence electrons. The zero-order chi connectivity index (χ0) is 15.2. The average molecular weight is 307 g/mol. The highest BCUT2D eigenvalue weighted by molar-refractivity contribution is 8.00. The van der Waals surface area contributed by atoms with E-state index in [4.69, 9.17) is 5.11 Å². The molecule has 1 unspecified atom stereocenters. The van der Waals surface area contributed by atoms with E-state index in [2.05, 4.69) is 5.32 Å². The smallest absolute Gasteiger partial charge is 0.416 e. The van der Waals surface area contributed by atoms with Crippen LogP contribution in [0.15, 0.2) is 24.3 Å². The first kappa shape index (κ1) is 16.7. The lowest BCUT2D eigenvalue weighted by Crippen LogP contribution is -2.17. The molecular formula is C13H16F3NO2S. The molecule has 0 aliphatic carbocycles. The minimum atomic E-state index is -4.36. The third-order valence-corrected chi connectivity index (χ3v) is 3.96. The van der Waals surface area contributed by atoms with Gasteiger partial charge in [-0.05, 0) is 24.6 Å². The predicted octanol–water partition coefficient (Wildman–Crippen LogP) is 3.71. The number of alkyl halides is 3. The first-order valence-electron chi connectivity index (χ1n) is 6.10. The Labute approximate surface area is 119 Å². The summed E-state index contributed by atoms with van der Waals surface area (Å²) in [6, 6.07) is 4.94. The third-order valence-electron chi connectivity index (χ3n) is 2.59. The highest BCUT2D eigenvalue weighted by Gasteiger charge is 2.30. The maximum absolute atomic E-state index is 12.5. The van der Waals surface area contributed by atoms with Gasteiger partial charge < -0.3 is 10.4 Å². The maximum Gasteiger partial charge on any atom is 0.416 e. The third kappa shape index (κ3) is 5.32. The van der Waals surface area contributed by atoms with Crippen molar-refractivity contribution in [3.8, 4) is 0 Å². The van der Waals surface area contributed by atoms with Crippen LogP contribution in [0.5, 0.6) is 0 Å². The summed E-state index contributed by atoms with van der Waals surface area (Å²) in [4.78, 5) is 10.8. The van der Waals surface area contributed by atoms with Gasteiger partial charge in [0.15, 0.2) is 0 Å². The van der Waals surface area contributed by atoms with Crippen molar-refractivity contribution in [2.24, 2.45) is 0 Å². The van der Waals surface area contributed by atoms with Crippen LogP contribution in [0.2, 0.25) is 0 Å². The average Bonchev–Trinajstić information content (AvgIpc) is 2.37. The molecule has 20 heavy (non-hydrogen) atoms. The molecule has 3 nitrogen and oxygen atoms in total. The molecule has 0 spiro atoms. The summed E-state index contributed by atoms with van der Waals surface area (Å²) in [6.45, 7) is 2.20. The molecule has 0 aliphatic heterocycles. The van der Waals surface area contributed by atoms with Crippen molar-refractivity contribution in [3.63, 3.8) is 0 Å². The van der Waals surface area contributed by atoms with Gasteiger partial charge in [-0.2, -0.15) is 13.2 Å². The van der Waals surface area contributed by atoms with Crippen molar-refractivity contribution in [1.82, 2.24) is 0 Å². The van der Waals surface area contributed by atoms with E-state index in [1.807, 2.05) is 0 Å². The lowest BCUT2D eigenvalue weighted by atomic mass is 10.2. The molecule has 0 radical (unpaired) electrons. The molecule has 0 aliphatic rings. The number of carboxylic acid groups (broad SMARTS) is 1. The second-order valence-electron chi connectivity index (χ2n) is 4.11. The Morgan fingerprint density at radius 1 is 1.45 bits per heavy atom. The molecule has 1 aromatic rings. The molecule has 1 atom stereocenters. The quantitative estimate of drug-likeness (QED) is 0.754. The molecule has 0 bridgehead atoms. The van der Waals surface area contributed by atoms with Gasteiger partial charge in [0.1, 0.15) is 5.25 Å². The standard InChI is InChI=1S/C13H16F3NO2S/c1-2-11(12(18)19)20-7-6-17-10-5-3-4-9(8-10)13(14,15)16/h3-5,8,11,17H,2,6-7H2,1H3,(H,18,19). The molecular weight excluding hydrogens is 291 g/mol. The van der Waals surface area contributed by atoms with Crippen molar-refractivity contribution < 1.29 is 23.1 Å². The summed E-state index contributed by atoms with van der Waals surface area (Å²) in [5, 5.41) is 11.2. The minimum Gasteiger partial charge on any atom is -0.480 e. The van der Waals surface area contributed by atoms with Gasteiger partial charge in [-0.1, -0.05) is 13.0 Å². The van der Waals surface area contributed by atoms with Gasteiger partial charge >= 0.3 is 12.1 Å². The normalized spacial score (nSPS) is 13.0. The van der Waals surface area contributed by atoms with E-state index < -0.39 is 23.0 Å². The number of halogens is 3. The lowest BCUT2D eigenvalue weighted by molar-refractivity contribution is -0.138. The Kier molecular flexibility index (Phi) is 6.19. The number of benzene rings is 1. The van der Waals surface area contributed by atoms with E-state index in [-0.39, 0.29) is 0 Å². The van der Waals surface area contributed by atoms with E-state index in [0.29, 0.717) is 24.4 Å². The van der Waals surface area contributed by atoms with Crippen molar-refractivity contribution in [2.75, 3.05) is 17.6 Å². The van der Waals surface area contributed by atoms with Crippen LogP contribution in [0.1, 0.15) is 18.9 Å². The second kappa shape index (κ2) is 7.42. The van der Waals surface area contributed by atoms with Crippen LogP contribution in [-0.4, -0.2) is 28.6 Å². The SMILES string of the molecule is CCC(SCCNc1cccc(C(F)(F)F)c1)C(=O)O. The molecule has 2 N–H and O–H groups in total. The molecule has 0 fully saturated rings. The van der Waals surface area contributed by atoms with E-state index in [9.17, 15) is 18.0 Å². The summed E-state index contributed by atoms with van der Waals surface area (Å²) in [5.41, 5.74) is -0.323. The van der Waals surface area contributed by atoms with Crippen LogP contribution in [0.25, 0.3) is 0 Å². The summed E-state index contributed by atoms with van der Waals surface area (Å²) in [7, 11) is 0. The maximum atomic E-state index is 12.5. The van der Waals surface area contributed by atoms with Crippen molar-refractivity contribution in [2.45, 2.75) is 24.8 Å². The number of thioether (sulfide) groups is 1. The van der Waals surface area contributed by atoms with Crippen molar-refractivity contribution in [1.29, 1.82) is 0 Å². The Hall–Kier alpha value is -1.37. The first-order chi connectivity index (χ1) is 9.34. The first-order valence-corrected chi connectivity index (χ1v) is 7.15. The molecule has 0 aromatic heterocycles. The van der Waals surface area contributed by atoms with Crippen molar-refractivity contribution in [3.05, 3.63) is 29.8 Å². The molecule has 0 saturated carbocycles. The number of carboxylic acids is 1. The molecule has 0 amide bonds. The molecule has 1 aromatic carbocycles. The van der Waals surface area contributed by atoms with Gasteiger partial charge in [0.05, 0.1) is 5.56 Å². The van der Waals surface area contributed by atoms with E-state index in [0.717, 1.165) is 12.1 Å². The number of aliphatic carboxylic acids is 1. The summed E-state index contributed by atoms with van der Waals surface area (Å²) < 4.78 is 37.5. The minimum absolute atomic E-state index is 0.379. The fraction of sp³-hybridized carbons (Fsp3) is 0.462. The largest absolute Gasteiger partial charge is 0.480 e. The lowest BCUT2D eigenvalue weighted by Gasteiger charge is -2.12. The van der Waals surface area contributed by atoms with Gasteiger partial charge in [-0.15, -0.1) is 11.8 Å². The molecule has 0 heterocycles. The van der Waals surface area contributed by atoms with Gasteiger partial charge in [0, 0.05) is 18.0 Å². The van der Waals surface area contributed by atoms with Crippen LogP contribution < -0.4 is 5.32 Å². The van der Waals surface area contributed by atoms with Gasteiger partial charge in [0.2, 0.25) is 0 Å². The van der Waals surface area contributed by atoms with Crippen molar-refractivity contribution >= 4 is 23.4 Å². The monoisotopic (exact) mass is 307 g/mol. The zero-order valence-corrected chi connectivity index (χ0v) is 11.7. The van der Waals surface area contributed by atoms with E-state index in [1.165, 1.54) is 17.8 Å². The fourth-order valence-electron chi connectivity index (χ4n) is 1.57. The predicted molar refractivity (Wildman–Crippen MR) is 74.1 cm³/mol. The summed E-state index contributed by atoms with van der Waals surface area (Å²) in [5.74, 6) is -0.349. The number of hydrogen-bond acceptors (Lipinski definition) is 3. The summed E-state index contributed by atoms with van der Waals surface area (Å²) >= 11 is 1.27. The van der Waals surface area contributed by atoms with Crippen LogP contribution in [-0.2, 0) is 11.0 Å².